The first-order valence-corrected chi connectivity index (χ1v) is 7.92. The molecule has 2 aromatic rings. The number of hydrogen-bond acceptors (Lipinski definition) is 5. The lowest BCUT2D eigenvalue weighted by Gasteiger charge is -2.39. The number of nitrogens with zero attached hydrogens (tertiary/aromatic N) is 5. The minimum atomic E-state index is -0.00457. The normalized spacial score (nSPS) is 29.2. The molecule has 2 aromatic heterocycles. The Morgan fingerprint density at radius 3 is 3.05 bits per heavy atom. The van der Waals surface area contributed by atoms with Crippen molar-refractivity contribution in [3.8, 4) is 0 Å². The van der Waals surface area contributed by atoms with E-state index in [9.17, 15) is 0 Å². The van der Waals surface area contributed by atoms with Crippen molar-refractivity contribution in [1.29, 1.82) is 0 Å². The molecule has 2 atom stereocenters. The zero-order valence-electron chi connectivity index (χ0n) is 12.6. The van der Waals surface area contributed by atoms with Crippen LogP contribution in [-0.2, 0) is 11.3 Å². The van der Waals surface area contributed by atoms with Crippen LogP contribution >= 0.6 is 0 Å². The van der Waals surface area contributed by atoms with E-state index >= 15 is 0 Å². The third kappa shape index (κ3) is 2.76. The van der Waals surface area contributed by atoms with Crippen LogP contribution in [0.25, 0.3) is 0 Å². The molecule has 0 bridgehead atoms. The van der Waals surface area contributed by atoms with Gasteiger partial charge in [0.25, 0.3) is 0 Å². The van der Waals surface area contributed by atoms with E-state index in [1.54, 1.807) is 12.7 Å². The maximum absolute atomic E-state index is 6.25. The molecule has 22 heavy (non-hydrogen) atoms. The number of rotatable bonds is 3. The molecule has 6 nitrogen and oxygen atoms in total. The van der Waals surface area contributed by atoms with Gasteiger partial charge in [0.2, 0.25) is 0 Å². The smallest absolute Gasteiger partial charge is 0.119 e. The third-order valence-corrected chi connectivity index (χ3v) is 4.80. The molecular weight excluding hydrogens is 278 g/mol. The maximum Gasteiger partial charge on any atom is 0.119 e. The van der Waals surface area contributed by atoms with Crippen LogP contribution in [0.4, 0.5) is 0 Å². The Hall–Kier alpha value is -1.79. The summed E-state index contributed by atoms with van der Waals surface area (Å²) >= 11 is 0. The van der Waals surface area contributed by atoms with Crippen molar-refractivity contribution in [3.63, 3.8) is 0 Å². The van der Waals surface area contributed by atoms with Crippen molar-refractivity contribution in [1.82, 2.24) is 24.6 Å². The van der Waals surface area contributed by atoms with Gasteiger partial charge in [0.15, 0.2) is 0 Å². The van der Waals surface area contributed by atoms with Gasteiger partial charge in [-0.2, -0.15) is 0 Å². The molecule has 0 unspecified atom stereocenters. The molecule has 1 spiro atoms. The number of piperidine rings is 1. The van der Waals surface area contributed by atoms with Gasteiger partial charge in [-0.25, -0.2) is 0 Å². The zero-order chi connectivity index (χ0) is 14.8. The van der Waals surface area contributed by atoms with Gasteiger partial charge < -0.3 is 9.30 Å². The first-order chi connectivity index (χ1) is 10.8. The lowest BCUT2D eigenvalue weighted by Crippen LogP contribution is -2.47. The van der Waals surface area contributed by atoms with Crippen LogP contribution in [-0.4, -0.2) is 49.9 Å². The Kier molecular flexibility index (Phi) is 3.63. The van der Waals surface area contributed by atoms with Gasteiger partial charge in [0.1, 0.15) is 12.7 Å². The van der Waals surface area contributed by atoms with Crippen molar-refractivity contribution in [3.05, 3.63) is 42.7 Å². The standard InChI is InChI=1S/C16H21N5O/c1-3-14(8-17-5-1)9-20-6-2-4-16(11-20)7-15(10-22-16)21-12-18-19-13-21/h1,3,5,8,12-13,15H,2,4,6-7,9-11H2/t15-,16+/m0/s1. The fraction of sp³-hybridized carbons (Fsp3) is 0.562. The van der Waals surface area contributed by atoms with Crippen molar-refractivity contribution >= 4 is 0 Å². The van der Waals surface area contributed by atoms with Gasteiger partial charge in [-0.05, 0) is 31.0 Å². The molecule has 2 fully saturated rings. The number of likely N-dealkylation sites (tertiary alicyclic amines) is 1. The maximum atomic E-state index is 6.25. The summed E-state index contributed by atoms with van der Waals surface area (Å²) in [6, 6.07) is 4.51. The van der Waals surface area contributed by atoms with Gasteiger partial charge in [0.05, 0.1) is 18.2 Å². The average Bonchev–Trinajstić information content (AvgIpc) is 3.19. The molecule has 6 heteroatoms. The van der Waals surface area contributed by atoms with Gasteiger partial charge in [0, 0.05) is 31.9 Å². The summed E-state index contributed by atoms with van der Waals surface area (Å²) in [4.78, 5) is 6.70. The lowest BCUT2D eigenvalue weighted by atomic mass is 9.88. The molecule has 0 radical (unpaired) electrons. The predicted octanol–water partition coefficient (Wildman–Crippen LogP) is 1.67. The number of ether oxygens (including phenoxy) is 1. The molecular formula is C16H21N5O. The molecule has 0 aliphatic carbocycles. The fourth-order valence-electron chi connectivity index (χ4n) is 3.77. The van der Waals surface area contributed by atoms with Crippen LogP contribution in [0.2, 0.25) is 0 Å². The Bertz CT molecular complexity index is 602. The van der Waals surface area contributed by atoms with Crippen molar-refractivity contribution in [2.45, 2.75) is 37.5 Å². The highest BCUT2D eigenvalue weighted by atomic mass is 16.5. The van der Waals surface area contributed by atoms with Gasteiger partial charge in [-0.1, -0.05) is 6.07 Å². The highest BCUT2D eigenvalue weighted by Gasteiger charge is 2.43. The van der Waals surface area contributed by atoms with E-state index in [4.69, 9.17) is 4.74 Å². The summed E-state index contributed by atoms with van der Waals surface area (Å²) in [6.07, 6.45) is 10.8. The Morgan fingerprint density at radius 1 is 1.32 bits per heavy atom. The molecule has 0 N–H and O–H groups in total. The second kappa shape index (κ2) is 5.78. The zero-order valence-corrected chi connectivity index (χ0v) is 12.6. The fourth-order valence-corrected chi connectivity index (χ4v) is 3.77. The largest absolute Gasteiger partial charge is 0.371 e. The Balaban J connectivity index is 1.43. The topological polar surface area (TPSA) is 56.1 Å². The van der Waals surface area contributed by atoms with Crippen LogP contribution in [0.1, 0.15) is 30.9 Å². The summed E-state index contributed by atoms with van der Waals surface area (Å²) in [5.41, 5.74) is 1.27. The van der Waals surface area contributed by atoms with Crippen molar-refractivity contribution in [2.75, 3.05) is 19.7 Å². The quantitative estimate of drug-likeness (QED) is 0.863. The highest BCUT2D eigenvalue weighted by Crippen LogP contribution is 2.39. The second-order valence-corrected chi connectivity index (χ2v) is 6.44. The summed E-state index contributed by atoms with van der Waals surface area (Å²) < 4.78 is 8.33. The SMILES string of the molecule is c1cncc(CN2CCC[C@@]3(C[C@H](n4cnnc4)CO3)C2)c1. The molecule has 0 amide bonds. The van der Waals surface area contributed by atoms with Crippen molar-refractivity contribution in [2.24, 2.45) is 0 Å². The van der Waals surface area contributed by atoms with Crippen LogP contribution in [0.5, 0.6) is 0 Å². The van der Waals surface area contributed by atoms with E-state index in [-0.39, 0.29) is 5.60 Å². The number of pyridine rings is 1. The summed E-state index contributed by atoms with van der Waals surface area (Å²) in [7, 11) is 0. The lowest BCUT2D eigenvalue weighted by molar-refractivity contribution is -0.0535. The van der Waals surface area contributed by atoms with Gasteiger partial charge in [-0.3, -0.25) is 9.88 Å². The molecule has 0 aromatic carbocycles. The van der Waals surface area contributed by atoms with Crippen LogP contribution in [0.3, 0.4) is 0 Å². The van der Waals surface area contributed by atoms with Gasteiger partial charge >= 0.3 is 0 Å². The number of hydrogen-bond donors (Lipinski definition) is 0. The second-order valence-electron chi connectivity index (χ2n) is 6.44. The van der Waals surface area contributed by atoms with E-state index in [0.29, 0.717) is 6.04 Å². The van der Waals surface area contributed by atoms with E-state index in [2.05, 4.69) is 30.7 Å². The summed E-state index contributed by atoms with van der Waals surface area (Å²) in [5.74, 6) is 0. The first-order valence-electron chi connectivity index (χ1n) is 7.92. The average molecular weight is 299 g/mol. The third-order valence-electron chi connectivity index (χ3n) is 4.80. The van der Waals surface area contributed by atoms with Gasteiger partial charge in [-0.15, -0.1) is 10.2 Å². The molecule has 2 aliphatic rings. The first kappa shape index (κ1) is 13.8. The van der Waals surface area contributed by atoms with E-state index in [1.807, 2.05) is 18.5 Å². The molecule has 4 rings (SSSR count). The van der Waals surface area contributed by atoms with E-state index in [0.717, 1.165) is 39.1 Å². The predicted molar refractivity (Wildman–Crippen MR) is 81.1 cm³/mol. The molecule has 2 aliphatic heterocycles. The van der Waals surface area contributed by atoms with E-state index < -0.39 is 0 Å². The minimum Gasteiger partial charge on any atom is -0.371 e. The van der Waals surface area contributed by atoms with Crippen LogP contribution in [0.15, 0.2) is 37.2 Å². The summed E-state index contributed by atoms with van der Waals surface area (Å²) in [6.45, 7) is 3.85. The Labute approximate surface area is 130 Å². The summed E-state index contributed by atoms with van der Waals surface area (Å²) in [5, 5.41) is 7.82. The van der Waals surface area contributed by atoms with E-state index in [1.165, 1.54) is 12.0 Å². The van der Waals surface area contributed by atoms with Crippen molar-refractivity contribution < 1.29 is 4.74 Å². The molecule has 2 saturated heterocycles. The van der Waals surface area contributed by atoms with Crippen LogP contribution < -0.4 is 0 Å². The molecule has 0 saturated carbocycles. The number of aromatic nitrogens is 4. The minimum absolute atomic E-state index is 0.00457. The highest BCUT2D eigenvalue weighted by molar-refractivity contribution is 5.09. The monoisotopic (exact) mass is 299 g/mol. The van der Waals surface area contributed by atoms with Crippen LogP contribution in [0, 0.1) is 0 Å². The molecule has 4 heterocycles. The molecule has 116 valence electrons. The Morgan fingerprint density at radius 2 is 2.23 bits per heavy atom.